The van der Waals surface area contributed by atoms with Gasteiger partial charge in [-0.1, -0.05) is 0 Å². The summed E-state index contributed by atoms with van der Waals surface area (Å²) in [5.41, 5.74) is 0. The molecule has 0 saturated heterocycles. The fraction of sp³-hybridized carbons (Fsp3) is 0. The molecule has 0 N–H and O–H groups in total. The van der Waals surface area contributed by atoms with E-state index < -0.39 is 0 Å². The van der Waals surface area contributed by atoms with Gasteiger partial charge in [-0.3, -0.25) is 0 Å². The molecule has 0 aliphatic carbocycles. The van der Waals surface area contributed by atoms with Crippen LogP contribution in [-0.2, 0) is 69.7 Å². The van der Waals surface area contributed by atoms with Crippen molar-refractivity contribution in [3.05, 3.63) is 0 Å². The predicted octanol–water partition coefficient (Wildman–Crippen LogP) is -0.863. The molecule has 0 fully saturated rings. The Bertz CT molecular complexity index is 18.0. The molecule has 0 heterocycles. The van der Waals surface area contributed by atoms with Gasteiger partial charge >= 0.3 is 76.2 Å². The van der Waals surface area contributed by atoms with Gasteiger partial charge in [0.15, 0.2) is 0 Å². The summed E-state index contributed by atoms with van der Waals surface area (Å²) < 4.78 is 15.8. The minimum absolute atomic E-state index is 0. The molecule has 0 aromatic rings. The first-order valence-electron chi connectivity index (χ1n) is 0.259. The van der Waals surface area contributed by atoms with Crippen LogP contribution < -0.4 is 0 Å². The summed E-state index contributed by atoms with van der Waals surface area (Å²) in [6.45, 7) is 0. The van der Waals surface area contributed by atoms with Gasteiger partial charge in [0, 0.05) is 0 Å². The van der Waals surface area contributed by atoms with E-state index >= 15 is 0 Å². The Hall–Kier alpha value is 1.70. The van der Waals surface area contributed by atoms with Gasteiger partial charge in [0.25, 0.3) is 0 Å². The van der Waals surface area contributed by atoms with Crippen molar-refractivity contribution in [2.24, 2.45) is 0 Å². The SMILES string of the molecule is [Al+3].[O-2].[O-2].[O]=[Co].[O]=[Cu].[Zn+2]. The molecular formula is AlCoCuO4Zn+. The van der Waals surface area contributed by atoms with Gasteiger partial charge in [0.1, 0.15) is 0 Å². The third-order valence-electron chi connectivity index (χ3n) is 0. The third-order valence-corrected chi connectivity index (χ3v) is 0. The van der Waals surface area contributed by atoms with Crippen LogP contribution in [0.4, 0.5) is 0 Å². The molecule has 4 nitrogen and oxygen atoms in total. The van der Waals surface area contributed by atoms with Gasteiger partial charge < -0.3 is 11.0 Å². The number of hydrogen-bond donors (Lipinski definition) is 0. The molecule has 0 aromatic carbocycles. The van der Waals surface area contributed by atoms with E-state index in [1.54, 1.807) is 0 Å². The van der Waals surface area contributed by atoms with E-state index in [1.807, 2.05) is 0 Å². The minimum Gasteiger partial charge on any atom is 2.00 e. The first-order chi connectivity index (χ1) is 2.00. The summed E-state index contributed by atoms with van der Waals surface area (Å²) in [7, 11) is 0. The molecule has 48 valence electrons. The molecule has 0 aliphatic heterocycles. The second-order valence-electron chi connectivity index (χ2n) is 0. The molecule has 0 saturated carbocycles. The molecule has 0 atom stereocenters. The second-order valence-corrected chi connectivity index (χ2v) is 0. The van der Waals surface area contributed by atoms with Crippen molar-refractivity contribution in [3.63, 3.8) is 0 Å². The van der Waals surface area contributed by atoms with Crippen LogP contribution in [0, 0.1) is 0 Å². The standard InChI is InChI=1S/Al.Co.Cu.4O.Zn/q+3;;;;;2*-2;+2. The Labute approximate surface area is 86.5 Å². The molecule has 8 heteroatoms. The van der Waals surface area contributed by atoms with E-state index in [-0.39, 0.29) is 47.8 Å². The maximum absolute atomic E-state index is 7.94. The summed E-state index contributed by atoms with van der Waals surface area (Å²) in [4.78, 5) is 0. The first-order valence-corrected chi connectivity index (χ1v) is 1.07. The van der Waals surface area contributed by atoms with Crippen molar-refractivity contribution in [3.8, 4) is 0 Å². The third kappa shape index (κ3) is 119. The van der Waals surface area contributed by atoms with Crippen LogP contribution >= 0.6 is 0 Å². The molecular weight excluding hydrogens is 279 g/mol. The average molecular weight is 279 g/mol. The van der Waals surface area contributed by atoms with Gasteiger partial charge in [-0.15, -0.1) is 0 Å². The van der Waals surface area contributed by atoms with Gasteiger partial charge in [-0.05, 0) is 0 Å². The van der Waals surface area contributed by atoms with Crippen molar-refractivity contribution < 1.29 is 69.7 Å². The number of hydrogen-bond acceptors (Lipinski definition) is 2. The second kappa shape index (κ2) is 178. The summed E-state index contributed by atoms with van der Waals surface area (Å²) >= 11 is 5.25. The van der Waals surface area contributed by atoms with E-state index in [0.29, 0.717) is 0 Å². The van der Waals surface area contributed by atoms with Crippen LogP contribution in [0.2, 0.25) is 0 Å². The van der Waals surface area contributed by atoms with Crippen LogP contribution in [-0.4, -0.2) is 17.4 Å². The van der Waals surface area contributed by atoms with E-state index in [1.165, 1.54) is 0 Å². The smallest absolute Gasteiger partial charge is 2.00 e. The van der Waals surface area contributed by atoms with Gasteiger partial charge in [-0.25, -0.2) is 0 Å². The molecule has 0 unspecified atom stereocenters. The fourth-order valence-corrected chi connectivity index (χ4v) is 0. The minimum atomic E-state index is 0. The van der Waals surface area contributed by atoms with Crippen molar-refractivity contribution in [1.82, 2.24) is 0 Å². The maximum Gasteiger partial charge on any atom is 2.00 e. The van der Waals surface area contributed by atoms with Crippen molar-refractivity contribution >= 4 is 17.4 Å². The van der Waals surface area contributed by atoms with Crippen LogP contribution in [0.3, 0.4) is 0 Å². The van der Waals surface area contributed by atoms with Crippen molar-refractivity contribution in [2.75, 3.05) is 0 Å². The first kappa shape index (κ1) is 53.6. The Balaban J connectivity index is -0.00000000167. The van der Waals surface area contributed by atoms with Crippen molar-refractivity contribution in [1.29, 1.82) is 0 Å². The summed E-state index contributed by atoms with van der Waals surface area (Å²) in [5.74, 6) is 0. The quantitative estimate of drug-likeness (QED) is 0.539. The Morgan fingerprint density at radius 3 is 1.00 bits per heavy atom. The zero-order valence-corrected chi connectivity index (χ0v) is 9.66. The van der Waals surface area contributed by atoms with E-state index in [2.05, 4.69) is 31.6 Å². The van der Waals surface area contributed by atoms with Gasteiger partial charge in [0.2, 0.25) is 0 Å². The molecule has 0 amide bonds. The zero-order valence-electron chi connectivity index (χ0n) is 3.55. The van der Waals surface area contributed by atoms with E-state index in [9.17, 15) is 0 Å². The van der Waals surface area contributed by atoms with Crippen molar-refractivity contribution in [2.45, 2.75) is 0 Å². The van der Waals surface area contributed by atoms with Crippen LogP contribution in [0.5, 0.6) is 0 Å². The summed E-state index contributed by atoms with van der Waals surface area (Å²) in [5, 5.41) is 0. The molecule has 8 heavy (non-hydrogen) atoms. The molecule has 0 spiro atoms. The Morgan fingerprint density at radius 1 is 1.00 bits per heavy atom. The van der Waals surface area contributed by atoms with Gasteiger partial charge in [0.05, 0.1) is 0 Å². The molecule has 0 radical (unpaired) electrons. The predicted molar refractivity (Wildman–Crippen MR) is 8.50 cm³/mol. The number of rotatable bonds is 0. The largest absolute Gasteiger partial charge is 2.00 e. The Kier molecular flexibility index (Phi) is 1190. The zero-order chi connectivity index (χ0) is 4.00. The maximum atomic E-state index is 7.94. The average Bonchev–Trinajstić information content (AvgIpc) is 1.50. The summed E-state index contributed by atoms with van der Waals surface area (Å²) in [6, 6.07) is 0. The van der Waals surface area contributed by atoms with Gasteiger partial charge in [-0.2, -0.15) is 0 Å². The molecule has 0 aromatic heterocycles. The van der Waals surface area contributed by atoms with E-state index in [0.717, 1.165) is 0 Å². The van der Waals surface area contributed by atoms with Crippen LogP contribution in [0.25, 0.3) is 0 Å². The normalized spacial score (nSPS) is 1.38. The van der Waals surface area contributed by atoms with Crippen LogP contribution in [0.1, 0.15) is 0 Å². The van der Waals surface area contributed by atoms with E-state index in [4.69, 9.17) is 7.70 Å². The topological polar surface area (TPSA) is 91.1 Å². The fourth-order valence-electron chi connectivity index (χ4n) is 0. The van der Waals surface area contributed by atoms with Crippen LogP contribution in [0.15, 0.2) is 0 Å². The monoisotopic (exact) mass is 277 g/mol. The molecule has 0 aliphatic rings. The molecule has 0 rings (SSSR count). The Morgan fingerprint density at radius 2 is 1.00 bits per heavy atom. The molecule has 0 bridgehead atoms. The summed E-state index contributed by atoms with van der Waals surface area (Å²) in [6.07, 6.45) is 0.